The van der Waals surface area contributed by atoms with Gasteiger partial charge in [-0.1, -0.05) is 12.1 Å². The third-order valence-electron chi connectivity index (χ3n) is 1.65. The quantitative estimate of drug-likeness (QED) is 0.628. The van der Waals surface area contributed by atoms with Crippen LogP contribution < -0.4 is 5.32 Å². The van der Waals surface area contributed by atoms with Gasteiger partial charge in [0, 0.05) is 6.07 Å². The summed E-state index contributed by atoms with van der Waals surface area (Å²) in [5.74, 6) is 0.0447. The van der Waals surface area contributed by atoms with Gasteiger partial charge in [-0.05, 0) is 12.3 Å². The van der Waals surface area contributed by atoms with Gasteiger partial charge in [0.2, 0.25) is 5.91 Å². The summed E-state index contributed by atoms with van der Waals surface area (Å²) in [4.78, 5) is 21.3. The highest BCUT2D eigenvalue weighted by Crippen LogP contribution is 2.23. The van der Waals surface area contributed by atoms with E-state index in [1.165, 1.54) is 23.9 Å². The topological polar surface area (TPSA) is 72.2 Å². The Morgan fingerprint density at radius 3 is 2.80 bits per heavy atom. The van der Waals surface area contributed by atoms with Crippen LogP contribution in [-0.4, -0.2) is 22.8 Å². The fourth-order valence-electron chi connectivity index (χ4n) is 1.06. The molecular weight excluding hydrogens is 216 g/mol. The summed E-state index contributed by atoms with van der Waals surface area (Å²) in [6.45, 7) is 0. The van der Waals surface area contributed by atoms with E-state index in [-0.39, 0.29) is 23.0 Å². The molecule has 0 aliphatic heterocycles. The van der Waals surface area contributed by atoms with Crippen molar-refractivity contribution in [2.45, 2.75) is 0 Å². The Labute approximate surface area is 91.0 Å². The molecule has 1 N–H and O–H groups in total. The second-order valence-corrected chi connectivity index (χ2v) is 3.62. The molecule has 0 saturated heterocycles. The first-order valence-electron chi connectivity index (χ1n) is 4.17. The van der Waals surface area contributed by atoms with Crippen LogP contribution in [0.5, 0.6) is 0 Å². The van der Waals surface area contributed by atoms with Gasteiger partial charge in [0.15, 0.2) is 0 Å². The number of anilines is 1. The fraction of sp³-hybridized carbons (Fsp3) is 0.222. The van der Waals surface area contributed by atoms with Crippen LogP contribution in [-0.2, 0) is 4.79 Å². The molecule has 1 aromatic rings. The van der Waals surface area contributed by atoms with Crippen molar-refractivity contribution in [2.75, 3.05) is 17.3 Å². The molecule has 6 heteroatoms. The third-order valence-corrected chi connectivity index (χ3v) is 2.20. The highest BCUT2D eigenvalue weighted by Gasteiger charge is 2.13. The van der Waals surface area contributed by atoms with Crippen molar-refractivity contribution in [1.29, 1.82) is 0 Å². The van der Waals surface area contributed by atoms with Crippen LogP contribution in [0.1, 0.15) is 0 Å². The van der Waals surface area contributed by atoms with Gasteiger partial charge < -0.3 is 5.32 Å². The van der Waals surface area contributed by atoms with Crippen molar-refractivity contribution < 1.29 is 9.72 Å². The maximum Gasteiger partial charge on any atom is 0.292 e. The van der Waals surface area contributed by atoms with Crippen molar-refractivity contribution in [3.63, 3.8) is 0 Å². The van der Waals surface area contributed by atoms with Gasteiger partial charge in [-0.25, -0.2) is 0 Å². The zero-order valence-electron chi connectivity index (χ0n) is 8.10. The standard InChI is InChI=1S/C9H10N2O3S/c1-15-6-9(12)10-7-4-2-3-5-8(7)11(13)14/h2-5H,6H2,1H3,(H,10,12). The maximum absolute atomic E-state index is 11.2. The number of nitro groups is 1. The molecule has 80 valence electrons. The van der Waals surface area contributed by atoms with Gasteiger partial charge in [-0.2, -0.15) is 11.8 Å². The number of carbonyl (C=O) groups is 1. The number of nitro benzene ring substituents is 1. The average Bonchev–Trinajstić information content (AvgIpc) is 2.18. The van der Waals surface area contributed by atoms with E-state index in [9.17, 15) is 14.9 Å². The normalized spacial score (nSPS) is 9.67. The molecule has 0 heterocycles. The number of nitrogens with zero attached hydrogens (tertiary/aromatic N) is 1. The Kier molecular flexibility index (Phi) is 4.11. The van der Waals surface area contributed by atoms with Gasteiger partial charge in [0.05, 0.1) is 10.7 Å². The molecule has 0 bridgehead atoms. The van der Waals surface area contributed by atoms with Crippen LogP contribution in [0.3, 0.4) is 0 Å². The number of amides is 1. The van der Waals surface area contributed by atoms with Gasteiger partial charge in [0.1, 0.15) is 5.69 Å². The molecule has 1 aromatic carbocycles. The van der Waals surface area contributed by atoms with Crippen LogP contribution >= 0.6 is 11.8 Å². The van der Waals surface area contributed by atoms with Crippen LogP contribution in [0.2, 0.25) is 0 Å². The van der Waals surface area contributed by atoms with Gasteiger partial charge in [-0.15, -0.1) is 0 Å². The molecule has 0 aliphatic carbocycles. The van der Waals surface area contributed by atoms with Crippen molar-refractivity contribution in [2.24, 2.45) is 0 Å². The van der Waals surface area contributed by atoms with E-state index < -0.39 is 4.92 Å². The van der Waals surface area contributed by atoms with E-state index in [0.29, 0.717) is 0 Å². The minimum Gasteiger partial charge on any atom is -0.320 e. The summed E-state index contributed by atoms with van der Waals surface area (Å²) in [6, 6.07) is 6.06. The first-order valence-corrected chi connectivity index (χ1v) is 5.56. The molecule has 0 radical (unpaired) electrons. The lowest BCUT2D eigenvalue weighted by Gasteiger charge is -2.04. The van der Waals surface area contributed by atoms with E-state index in [2.05, 4.69) is 5.32 Å². The minimum atomic E-state index is -0.519. The zero-order valence-corrected chi connectivity index (χ0v) is 8.91. The lowest BCUT2D eigenvalue weighted by molar-refractivity contribution is -0.383. The number of hydrogen-bond donors (Lipinski definition) is 1. The number of rotatable bonds is 4. The molecule has 0 unspecified atom stereocenters. The zero-order chi connectivity index (χ0) is 11.3. The van der Waals surface area contributed by atoms with Gasteiger partial charge in [-0.3, -0.25) is 14.9 Å². The van der Waals surface area contributed by atoms with Crippen LogP contribution in [0.15, 0.2) is 24.3 Å². The predicted octanol–water partition coefficient (Wildman–Crippen LogP) is 1.90. The third kappa shape index (κ3) is 3.25. The minimum absolute atomic E-state index is 0.0908. The lowest BCUT2D eigenvalue weighted by Crippen LogP contribution is -2.14. The number of nitrogens with one attached hydrogen (secondary N) is 1. The Balaban J connectivity index is 2.84. The maximum atomic E-state index is 11.2. The number of hydrogen-bond acceptors (Lipinski definition) is 4. The summed E-state index contributed by atoms with van der Waals surface area (Å²) >= 11 is 1.36. The van der Waals surface area contributed by atoms with Crippen LogP contribution in [0.4, 0.5) is 11.4 Å². The Bertz CT molecular complexity index is 381. The number of benzene rings is 1. The highest BCUT2D eigenvalue weighted by atomic mass is 32.2. The molecule has 5 nitrogen and oxygen atoms in total. The second kappa shape index (κ2) is 5.35. The van der Waals surface area contributed by atoms with Crippen molar-refractivity contribution >= 4 is 29.0 Å². The largest absolute Gasteiger partial charge is 0.320 e. The molecule has 1 rings (SSSR count). The fourth-order valence-corrected chi connectivity index (χ4v) is 1.39. The van der Waals surface area contributed by atoms with E-state index >= 15 is 0 Å². The molecule has 0 aromatic heterocycles. The van der Waals surface area contributed by atoms with E-state index in [0.717, 1.165) is 0 Å². The SMILES string of the molecule is CSCC(=O)Nc1ccccc1[N+](=O)[O-]. The lowest BCUT2D eigenvalue weighted by atomic mass is 10.2. The smallest absolute Gasteiger partial charge is 0.292 e. The van der Waals surface area contributed by atoms with E-state index in [1.54, 1.807) is 18.4 Å². The first-order chi connectivity index (χ1) is 7.15. The van der Waals surface area contributed by atoms with Gasteiger partial charge >= 0.3 is 0 Å². The van der Waals surface area contributed by atoms with E-state index in [4.69, 9.17) is 0 Å². The molecule has 0 saturated carbocycles. The molecule has 0 atom stereocenters. The number of carbonyl (C=O) groups excluding carboxylic acids is 1. The molecule has 0 aliphatic rings. The highest BCUT2D eigenvalue weighted by molar-refractivity contribution is 7.99. The molecular formula is C9H10N2O3S. The monoisotopic (exact) mass is 226 g/mol. The molecule has 1 amide bonds. The summed E-state index contributed by atoms with van der Waals surface area (Å²) in [7, 11) is 0. The Morgan fingerprint density at radius 1 is 1.53 bits per heavy atom. The summed E-state index contributed by atoms with van der Waals surface area (Å²) < 4.78 is 0. The Morgan fingerprint density at radius 2 is 2.20 bits per heavy atom. The first kappa shape index (κ1) is 11.5. The van der Waals surface area contributed by atoms with E-state index in [1.807, 2.05) is 0 Å². The summed E-state index contributed by atoms with van der Waals surface area (Å²) in [5, 5.41) is 13.1. The Hall–Kier alpha value is -1.56. The van der Waals surface area contributed by atoms with Crippen LogP contribution in [0, 0.1) is 10.1 Å². The number of thioether (sulfide) groups is 1. The van der Waals surface area contributed by atoms with Gasteiger partial charge in [0.25, 0.3) is 5.69 Å². The molecule has 15 heavy (non-hydrogen) atoms. The average molecular weight is 226 g/mol. The second-order valence-electron chi connectivity index (χ2n) is 2.76. The predicted molar refractivity (Wildman–Crippen MR) is 60.1 cm³/mol. The molecule has 0 spiro atoms. The van der Waals surface area contributed by atoms with Crippen LogP contribution in [0.25, 0.3) is 0 Å². The number of para-hydroxylation sites is 2. The molecule has 0 fully saturated rings. The van der Waals surface area contributed by atoms with Crippen molar-refractivity contribution in [3.05, 3.63) is 34.4 Å². The summed E-state index contributed by atoms with van der Waals surface area (Å²) in [5.41, 5.74) is 0.147. The van der Waals surface area contributed by atoms with Crippen molar-refractivity contribution in [3.8, 4) is 0 Å². The summed E-state index contributed by atoms with van der Waals surface area (Å²) in [6.07, 6.45) is 1.79. The van der Waals surface area contributed by atoms with Crippen molar-refractivity contribution in [1.82, 2.24) is 0 Å².